The summed E-state index contributed by atoms with van der Waals surface area (Å²) in [5.41, 5.74) is 9.55. The predicted octanol–water partition coefficient (Wildman–Crippen LogP) is 2.93. The molecule has 1 aliphatic heterocycles. The number of rotatable bonds is 8. The molecule has 0 atom stereocenters. The van der Waals surface area contributed by atoms with Crippen LogP contribution in [-0.2, 0) is 29.7 Å². The molecule has 0 aliphatic carbocycles. The summed E-state index contributed by atoms with van der Waals surface area (Å²) in [5.74, 6) is 0.286. The topological polar surface area (TPSA) is 122 Å². The molecule has 5 N–H and O–H groups in total. The number of nitrogens with two attached hydrogens (primary N) is 1. The van der Waals surface area contributed by atoms with Crippen LogP contribution in [0.4, 0.5) is 5.69 Å². The summed E-state index contributed by atoms with van der Waals surface area (Å²) in [5, 5.41) is 16.2. The first-order chi connectivity index (χ1) is 17.0. The molecule has 0 radical (unpaired) electrons. The van der Waals surface area contributed by atoms with Crippen molar-refractivity contribution in [1.82, 2.24) is 14.9 Å². The number of benzene rings is 2. The van der Waals surface area contributed by atoms with E-state index in [1.807, 2.05) is 59.2 Å². The number of anilines is 1. The molecule has 4 aromatic rings. The van der Waals surface area contributed by atoms with Crippen molar-refractivity contribution in [2.45, 2.75) is 32.5 Å². The van der Waals surface area contributed by atoms with Gasteiger partial charge in [-0.3, -0.25) is 4.72 Å². The maximum absolute atomic E-state index is 13.0. The third-order valence-corrected chi connectivity index (χ3v) is 8.18. The van der Waals surface area contributed by atoms with Crippen molar-refractivity contribution in [3.05, 3.63) is 71.5 Å². The number of aliphatic hydroxyl groups excluding tert-OH is 1. The van der Waals surface area contributed by atoms with E-state index >= 15 is 0 Å². The van der Waals surface area contributed by atoms with Crippen molar-refractivity contribution in [2.75, 3.05) is 23.6 Å². The van der Waals surface area contributed by atoms with Crippen LogP contribution in [0.5, 0.6) is 0 Å². The molecule has 2 aromatic heterocycles. The van der Waals surface area contributed by atoms with E-state index in [0.29, 0.717) is 18.8 Å². The Balaban J connectivity index is 1.52. The van der Waals surface area contributed by atoms with Crippen LogP contribution in [0.25, 0.3) is 21.8 Å². The van der Waals surface area contributed by atoms with Crippen molar-refractivity contribution in [2.24, 2.45) is 11.7 Å². The number of nitrogens with one attached hydrogen (secondary N) is 2. The summed E-state index contributed by atoms with van der Waals surface area (Å²) in [6.07, 6.45) is 1.73. The van der Waals surface area contributed by atoms with Gasteiger partial charge in [0.15, 0.2) is 0 Å². The Morgan fingerprint density at radius 1 is 1.09 bits per heavy atom. The van der Waals surface area contributed by atoms with Crippen molar-refractivity contribution < 1.29 is 13.5 Å². The number of aliphatic hydroxyl groups is 1. The van der Waals surface area contributed by atoms with Crippen LogP contribution in [0.15, 0.2) is 54.6 Å². The molecule has 8 nitrogen and oxygen atoms in total. The van der Waals surface area contributed by atoms with E-state index in [0.717, 1.165) is 64.7 Å². The van der Waals surface area contributed by atoms with Crippen LogP contribution < -0.4 is 15.8 Å². The van der Waals surface area contributed by atoms with Gasteiger partial charge in [0.25, 0.3) is 0 Å². The number of piperidine rings is 1. The zero-order valence-corrected chi connectivity index (χ0v) is 20.4. The Labute approximate surface area is 205 Å². The standard InChI is InChI=1S/C26H31N5O3S/c27-14-22-6-5-20-13-24(16-32)31(26(20)29-22)15-21-12-23(11-19-3-1-2-4-25(19)21)30-35(33,34)17-18-7-9-28-10-8-18/h1-6,11-13,18,28,30,32H,7-10,14-17,27H2. The lowest BCUT2D eigenvalue weighted by Crippen LogP contribution is -2.33. The van der Waals surface area contributed by atoms with Gasteiger partial charge in [-0.25, -0.2) is 13.4 Å². The van der Waals surface area contributed by atoms with Crippen LogP contribution in [0.1, 0.15) is 29.8 Å². The van der Waals surface area contributed by atoms with Crippen LogP contribution >= 0.6 is 0 Å². The van der Waals surface area contributed by atoms with Crippen molar-refractivity contribution in [3.63, 3.8) is 0 Å². The van der Waals surface area contributed by atoms with Crippen LogP contribution in [0, 0.1) is 5.92 Å². The van der Waals surface area contributed by atoms with E-state index in [2.05, 4.69) is 10.0 Å². The van der Waals surface area contributed by atoms with Gasteiger partial charge >= 0.3 is 0 Å². The molecule has 0 saturated carbocycles. The summed E-state index contributed by atoms with van der Waals surface area (Å²) in [4.78, 5) is 4.70. The van der Waals surface area contributed by atoms with Crippen LogP contribution in [0.3, 0.4) is 0 Å². The van der Waals surface area contributed by atoms with Crippen LogP contribution in [-0.4, -0.2) is 41.9 Å². The highest BCUT2D eigenvalue weighted by molar-refractivity contribution is 7.92. The molecule has 3 heterocycles. The molecular formula is C26H31N5O3S. The highest BCUT2D eigenvalue weighted by Gasteiger charge is 2.22. The highest BCUT2D eigenvalue weighted by atomic mass is 32.2. The molecule has 0 amide bonds. The molecule has 0 bridgehead atoms. The summed E-state index contributed by atoms with van der Waals surface area (Å²) >= 11 is 0. The Morgan fingerprint density at radius 3 is 2.66 bits per heavy atom. The first-order valence-electron chi connectivity index (χ1n) is 12.0. The fourth-order valence-corrected chi connectivity index (χ4v) is 6.49. The lowest BCUT2D eigenvalue weighted by atomic mass is 10.0. The molecule has 184 valence electrons. The first kappa shape index (κ1) is 23.7. The quantitative estimate of drug-likeness (QED) is 0.299. The van der Waals surface area contributed by atoms with Gasteiger partial charge in [0.1, 0.15) is 5.65 Å². The van der Waals surface area contributed by atoms with Crippen LogP contribution in [0.2, 0.25) is 0 Å². The van der Waals surface area contributed by atoms with E-state index in [1.54, 1.807) is 0 Å². The lowest BCUT2D eigenvalue weighted by molar-refractivity contribution is 0.272. The van der Waals surface area contributed by atoms with Gasteiger partial charge in [-0.1, -0.05) is 24.3 Å². The maximum atomic E-state index is 13.0. The second-order valence-corrected chi connectivity index (χ2v) is 11.0. The van der Waals surface area contributed by atoms with Gasteiger partial charge in [-0.15, -0.1) is 0 Å². The molecule has 1 aliphatic rings. The molecule has 1 fully saturated rings. The Kier molecular flexibility index (Phi) is 6.75. The minimum Gasteiger partial charge on any atom is -0.390 e. The average Bonchev–Trinajstić information content (AvgIpc) is 3.20. The van der Waals surface area contributed by atoms with Crippen molar-refractivity contribution in [3.8, 4) is 0 Å². The van der Waals surface area contributed by atoms with Gasteiger partial charge in [0.2, 0.25) is 10.0 Å². The summed E-state index contributed by atoms with van der Waals surface area (Å²) in [7, 11) is -3.49. The van der Waals surface area contributed by atoms with Crippen molar-refractivity contribution >= 4 is 37.5 Å². The summed E-state index contributed by atoms with van der Waals surface area (Å²) < 4.78 is 30.8. The first-order valence-corrected chi connectivity index (χ1v) is 13.6. The molecular weight excluding hydrogens is 462 g/mol. The number of aromatic nitrogens is 2. The van der Waals surface area contributed by atoms with Gasteiger partial charge < -0.3 is 20.7 Å². The third kappa shape index (κ3) is 5.18. The Bertz CT molecular complexity index is 1460. The average molecular weight is 494 g/mol. The maximum Gasteiger partial charge on any atom is 0.232 e. The van der Waals surface area contributed by atoms with E-state index in [-0.39, 0.29) is 18.3 Å². The summed E-state index contributed by atoms with van der Waals surface area (Å²) in [6, 6.07) is 17.5. The monoisotopic (exact) mass is 493 g/mol. The molecule has 5 rings (SSSR count). The number of pyridine rings is 1. The fraction of sp³-hybridized carbons (Fsp3) is 0.346. The molecule has 9 heteroatoms. The zero-order chi connectivity index (χ0) is 24.4. The van der Waals surface area contributed by atoms with Gasteiger partial charge in [0.05, 0.1) is 24.6 Å². The largest absolute Gasteiger partial charge is 0.390 e. The number of hydrogen-bond donors (Lipinski definition) is 4. The van der Waals surface area contributed by atoms with E-state index in [4.69, 9.17) is 10.7 Å². The van der Waals surface area contributed by atoms with E-state index in [1.165, 1.54) is 0 Å². The van der Waals surface area contributed by atoms with Gasteiger partial charge in [-0.05, 0) is 78.5 Å². The minimum atomic E-state index is -3.49. The second-order valence-electron chi connectivity index (χ2n) is 9.23. The minimum absolute atomic E-state index is 0.125. The van der Waals surface area contributed by atoms with Gasteiger partial charge in [0, 0.05) is 23.3 Å². The van der Waals surface area contributed by atoms with E-state index < -0.39 is 10.0 Å². The Morgan fingerprint density at radius 2 is 1.89 bits per heavy atom. The molecule has 1 saturated heterocycles. The summed E-state index contributed by atoms with van der Waals surface area (Å²) in [6.45, 7) is 2.35. The lowest BCUT2D eigenvalue weighted by Gasteiger charge is -2.22. The number of hydrogen-bond acceptors (Lipinski definition) is 6. The fourth-order valence-electron chi connectivity index (χ4n) is 4.97. The zero-order valence-electron chi connectivity index (χ0n) is 19.6. The second kappa shape index (κ2) is 9.94. The van der Waals surface area contributed by atoms with Crippen molar-refractivity contribution in [1.29, 1.82) is 0 Å². The molecule has 0 spiro atoms. The molecule has 35 heavy (non-hydrogen) atoms. The normalized spacial score (nSPS) is 15.1. The molecule has 2 aromatic carbocycles. The smallest absolute Gasteiger partial charge is 0.232 e. The third-order valence-electron chi connectivity index (χ3n) is 6.72. The van der Waals surface area contributed by atoms with Gasteiger partial charge in [-0.2, -0.15) is 0 Å². The molecule has 0 unspecified atom stereocenters. The number of sulfonamides is 1. The Hall–Kier alpha value is -2.98. The SMILES string of the molecule is NCc1ccc2cc(CO)n(Cc3cc(NS(=O)(=O)CC4CCNCC4)cc4ccccc34)c2n1. The van der Waals surface area contributed by atoms with E-state index in [9.17, 15) is 13.5 Å². The predicted molar refractivity (Wildman–Crippen MR) is 140 cm³/mol. The highest BCUT2D eigenvalue weighted by Crippen LogP contribution is 2.28. The number of fused-ring (bicyclic) bond motifs is 2. The number of nitrogens with zero attached hydrogens (tertiary/aromatic N) is 2.